The van der Waals surface area contributed by atoms with Gasteiger partial charge in [0.05, 0.1) is 13.0 Å². The topological polar surface area (TPSA) is 25.0 Å². The lowest BCUT2D eigenvalue weighted by atomic mass is 9.75. The second kappa shape index (κ2) is 7.49. The van der Waals surface area contributed by atoms with E-state index in [2.05, 4.69) is 4.98 Å². The first kappa shape index (κ1) is 20.2. The van der Waals surface area contributed by atoms with Crippen LogP contribution in [0.1, 0.15) is 31.5 Å². The highest BCUT2D eigenvalue weighted by molar-refractivity contribution is 5.80. The Labute approximate surface area is 161 Å². The number of rotatable bonds is 6. The van der Waals surface area contributed by atoms with E-state index < -0.39 is 23.3 Å². The van der Waals surface area contributed by atoms with Gasteiger partial charge in [-0.1, -0.05) is 32.0 Å². The molecular weight excluding hydrogens is 370 g/mol. The molecular formula is C22H23F4NO. The molecule has 6 heteroatoms. The number of methoxy groups -OCH3 is 1. The Morgan fingerprint density at radius 1 is 1.04 bits per heavy atom. The van der Waals surface area contributed by atoms with Gasteiger partial charge in [0.2, 0.25) is 0 Å². The summed E-state index contributed by atoms with van der Waals surface area (Å²) in [6.45, 7) is 3.38. The number of ether oxygens (including phenoxy) is 1. The minimum absolute atomic E-state index is 0.167. The highest BCUT2D eigenvalue weighted by Crippen LogP contribution is 2.42. The summed E-state index contributed by atoms with van der Waals surface area (Å²) in [5.41, 5.74) is 0.843. The van der Waals surface area contributed by atoms with Crippen molar-refractivity contribution in [3.8, 4) is 5.75 Å². The molecule has 28 heavy (non-hydrogen) atoms. The summed E-state index contributed by atoms with van der Waals surface area (Å²) in [4.78, 5) is 3.07. The van der Waals surface area contributed by atoms with Gasteiger partial charge in [0.25, 0.3) is 0 Å². The van der Waals surface area contributed by atoms with Crippen molar-refractivity contribution >= 4 is 10.9 Å². The fourth-order valence-corrected chi connectivity index (χ4v) is 3.75. The number of aromatic amines is 1. The van der Waals surface area contributed by atoms with Crippen molar-refractivity contribution in [2.75, 3.05) is 7.11 Å². The summed E-state index contributed by atoms with van der Waals surface area (Å²) < 4.78 is 60.6. The monoisotopic (exact) mass is 393 g/mol. The quantitative estimate of drug-likeness (QED) is 0.481. The van der Waals surface area contributed by atoms with E-state index in [0.717, 1.165) is 10.9 Å². The van der Waals surface area contributed by atoms with Crippen molar-refractivity contribution in [3.63, 3.8) is 0 Å². The van der Waals surface area contributed by atoms with Gasteiger partial charge in [0.15, 0.2) is 0 Å². The van der Waals surface area contributed by atoms with Crippen LogP contribution in [0.2, 0.25) is 0 Å². The van der Waals surface area contributed by atoms with Gasteiger partial charge in [-0.3, -0.25) is 0 Å². The Balaban J connectivity index is 1.91. The fourth-order valence-electron chi connectivity index (χ4n) is 3.75. The molecule has 2 nitrogen and oxygen atoms in total. The van der Waals surface area contributed by atoms with Crippen LogP contribution in [-0.2, 0) is 11.8 Å². The third kappa shape index (κ3) is 4.32. The van der Waals surface area contributed by atoms with Crippen LogP contribution in [0.15, 0.2) is 48.5 Å². The Morgan fingerprint density at radius 3 is 2.39 bits per heavy atom. The Bertz CT molecular complexity index is 926. The first-order valence-corrected chi connectivity index (χ1v) is 9.07. The van der Waals surface area contributed by atoms with Gasteiger partial charge in [-0.25, -0.2) is 4.39 Å². The molecule has 0 aliphatic rings. The van der Waals surface area contributed by atoms with Crippen LogP contribution >= 0.6 is 0 Å². The lowest BCUT2D eigenvalue weighted by molar-refractivity contribution is -0.179. The van der Waals surface area contributed by atoms with Crippen molar-refractivity contribution in [1.29, 1.82) is 0 Å². The molecule has 3 aromatic rings. The first-order valence-electron chi connectivity index (χ1n) is 9.07. The van der Waals surface area contributed by atoms with Gasteiger partial charge in [0, 0.05) is 16.8 Å². The van der Waals surface area contributed by atoms with E-state index in [4.69, 9.17) is 4.74 Å². The number of para-hydroxylation sites is 1. The Hall–Kier alpha value is -2.50. The SMILES string of the molecule is COc1ccc(F)cc1C(C)(C)CC(Cc1cc2ccccc2[nH]1)C(F)(F)F. The number of aromatic nitrogens is 1. The summed E-state index contributed by atoms with van der Waals surface area (Å²) in [6.07, 6.45) is -4.74. The molecule has 1 unspecified atom stereocenters. The molecule has 1 aromatic heterocycles. The predicted octanol–water partition coefficient (Wildman–Crippen LogP) is 6.40. The molecule has 0 saturated heterocycles. The number of halogens is 4. The average molecular weight is 393 g/mol. The molecule has 3 rings (SSSR count). The number of hydrogen-bond acceptors (Lipinski definition) is 1. The van der Waals surface area contributed by atoms with E-state index in [9.17, 15) is 17.6 Å². The fraction of sp³-hybridized carbons (Fsp3) is 0.364. The molecule has 1 atom stereocenters. The highest BCUT2D eigenvalue weighted by atomic mass is 19.4. The zero-order chi connectivity index (χ0) is 20.5. The maximum absolute atomic E-state index is 13.8. The van der Waals surface area contributed by atoms with Gasteiger partial charge >= 0.3 is 6.18 Å². The van der Waals surface area contributed by atoms with E-state index in [1.807, 2.05) is 24.3 Å². The third-order valence-electron chi connectivity index (χ3n) is 5.16. The van der Waals surface area contributed by atoms with E-state index in [1.165, 1.54) is 25.3 Å². The van der Waals surface area contributed by atoms with Gasteiger partial charge in [0.1, 0.15) is 11.6 Å². The molecule has 1 heterocycles. The van der Waals surface area contributed by atoms with Crippen LogP contribution in [0.3, 0.4) is 0 Å². The van der Waals surface area contributed by atoms with Crippen molar-refractivity contribution in [2.24, 2.45) is 5.92 Å². The lowest BCUT2D eigenvalue weighted by Crippen LogP contribution is -2.32. The van der Waals surface area contributed by atoms with Gasteiger partial charge in [-0.2, -0.15) is 13.2 Å². The molecule has 0 radical (unpaired) electrons. The van der Waals surface area contributed by atoms with Gasteiger partial charge in [-0.15, -0.1) is 0 Å². The molecule has 1 N–H and O–H groups in total. The molecule has 0 amide bonds. The molecule has 150 valence electrons. The summed E-state index contributed by atoms with van der Waals surface area (Å²) in [7, 11) is 1.43. The average Bonchev–Trinajstić information content (AvgIpc) is 3.02. The molecule has 0 saturated carbocycles. The van der Waals surface area contributed by atoms with Gasteiger partial charge < -0.3 is 9.72 Å². The molecule has 0 aliphatic carbocycles. The van der Waals surface area contributed by atoms with E-state index in [-0.39, 0.29) is 12.8 Å². The second-order valence-electron chi connectivity index (χ2n) is 7.76. The predicted molar refractivity (Wildman–Crippen MR) is 102 cm³/mol. The minimum atomic E-state index is -4.38. The van der Waals surface area contributed by atoms with Gasteiger partial charge in [-0.05, 0) is 54.0 Å². The number of fused-ring (bicyclic) bond motifs is 1. The van der Waals surface area contributed by atoms with Crippen LogP contribution in [-0.4, -0.2) is 18.3 Å². The summed E-state index contributed by atoms with van der Waals surface area (Å²) in [5, 5.41) is 0.879. The molecule has 0 aliphatic heterocycles. The lowest BCUT2D eigenvalue weighted by Gasteiger charge is -2.32. The minimum Gasteiger partial charge on any atom is -0.496 e. The van der Waals surface area contributed by atoms with Crippen LogP contribution < -0.4 is 4.74 Å². The molecule has 0 bridgehead atoms. The number of alkyl halides is 3. The molecule has 0 spiro atoms. The first-order chi connectivity index (χ1) is 13.1. The van der Waals surface area contributed by atoms with E-state index >= 15 is 0 Å². The summed E-state index contributed by atoms with van der Waals surface area (Å²) in [6, 6.07) is 13.1. The van der Waals surface area contributed by atoms with Crippen molar-refractivity contribution in [3.05, 3.63) is 65.6 Å². The number of H-pyrrole nitrogens is 1. The Morgan fingerprint density at radius 2 is 1.75 bits per heavy atom. The summed E-state index contributed by atoms with van der Waals surface area (Å²) >= 11 is 0. The van der Waals surface area contributed by atoms with E-state index in [0.29, 0.717) is 17.0 Å². The normalized spacial score (nSPS) is 13.7. The maximum Gasteiger partial charge on any atom is 0.392 e. The van der Waals surface area contributed by atoms with Crippen molar-refractivity contribution in [1.82, 2.24) is 4.98 Å². The van der Waals surface area contributed by atoms with Crippen molar-refractivity contribution in [2.45, 2.75) is 38.3 Å². The van der Waals surface area contributed by atoms with Crippen LogP contribution in [0.4, 0.5) is 17.6 Å². The third-order valence-corrected chi connectivity index (χ3v) is 5.16. The number of benzene rings is 2. The number of nitrogens with one attached hydrogen (secondary N) is 1. The van der Waals surface area contributed by atoms with Crippen LogP contribution in [0.25, 0.3) is 10.9 Å². The zero-order valence-corrected chi connectivity index (χ0v) is 16.0. The molecule has 0 fully saturated rings. The maximum atomic E-state index is 13.8. The second-order valence-corrected chi connectivity index (χ2v) is 7.76. The number of hydrogen-bond donors (Lipinski definition) is 1. The largest absolute Gasteiger partial charge is 0.496 e. The standard InChI is InChI=1S/C22H23F4NO/c1-21(2,18-12-16(23)8-9-20(18)28-3)13-15(22(24,25)26)11-17-10-14-6-4-5-7-19(14)27-17/h4-10,12,15,27H,11,13H2,1-3H3. The Kier molecular flexibility index (Phi) is 5.41. The van der Waals surface area contributed by atoms with E-state index in [1.54, 1.807) is 19.9 Å². The molecule has 2 aromatic carbocycles. The van der Waals surface area contributed by atoms with Crippen LogP contribution in [0.5, 0.6) is 5.75 Å². The summed E-state index contributed by atoms with van der Waals surface area (Å²) in [5.74, 6) is -1.69. The highest BCUT2D eigenvalue weighted by Gasteiger charge is 2.43. The van der Waals surface area contributed by atoms with Crippen molar-refractivity contribution < 1.29 is 22.3 Å². The van der Waals surface area contributed by atoms with Crippen LogP contribution in [0, 0.1) is 11.7 Å². The zero-order valence-electron chi connectivity index (χ0n) is 16.0. The smallest absolute Gasteiger partial charge is 0.392 e.